The Labute approximate surface area is 213 Å². The van der Waals surface area contributed by atoms with E-state index in [-0.39, 0.29) is 5.41 Å². The third-order valence-corrected chi connectivity index (χ3v) is 8.70. The third-order valence-electron chi connectivity index (χ3n) is 7.61. The van der Waals surface area contributed by atoms with E-state index in [0.717, 1.165) is 25.5 Å². The maximum absolute atomic E-state index is 6.38. The molecular weight excluding hydrogens is 548 g/mol. The number of halogens is 2. The highest BCUT2D eigenvalue weighted by atomic mass is 79.9. The lowest BCUT2D eigenvalue weighted by atomic mass is 9.70. The lowest BCUT2D eigenvalue weighted by Crippen LogP contribution is -2.25. The predicted molar refractivity (Wildman–Crippen MR) is 145 cm³/mol. The minimum Gasteiger partial charge on any atom is -0.455 e. The first-order valence-corrected chi connectivity index (χ1v) is 12.9. The van der Waals surface area contributed by atoms with E-state index in [2.05, 4.69) is 123 Å². The van der Waals surface area contributed by atoms with Crippen LogP contribution in [0.4, 0.5) is 0 Å². The molecular formula is C31H16Br2O. The van der Waals surface area contributed by atoms with E-state index in [1.54, 1.807) is 0 Å². The largest absolute Gasteiger partial charge is 0.455 e. The molecule has 0 N–H and O–H groups in total. The number of rotatable bonds is 0. The molecule has 2 aliphatic rings. The summed E-state index contributed by atoms with van der Waals surface area (Å²) >= 11 is 7.68. The van der Waals surface area contributed by atoms with Crippen LogP contribution in [-0.4, -0.2) is 0 Å². The van der Waals surface area contributed by atoms with Crippen molar-refractivity contribution in [3.8, 4) is 22.3 Å². The van der Waals surface area contributed by atoms with Crippen LogP contribution in [0.15, 0.2) is 110 Å². The Morgan fingerprint density at radius 1 is 0.588 bits per heavy atom. The minimum atomic E-state index is -0.378. The van der Waals surface area contributed by atoms with Gasteiger partial charge in [-0.1, -0.05) is 88.7 Å². The van der Waals surface area contributed by atoms with Crippen molar-refractivity contribution < 1.29 is 4.42 Å². The topological polar surface area (TPSA) is 13.1 Å². The highest BCUT2D eigenvalue weighted by molar-refractivity contribution is 9.11. The Morgan fingerprint density at radius 3 is 2.03 bits per heavy atom. The normalized spacial score (nSPS) is 14.4. The van der Waals surface area contributed by atoms with Gasteiger partial charge in [0, 0.05) is 15.2 Å². The predicted octanol–water partition coefficient (Wildman–Crippen LogP) is 9.45. The summed E-state index contributed by atoms with van der Waals surface area (Å²) in [5.41, 5.74) is 11.9. The second-order valence-electron chi connectivity index (χ2n) is 9.11. The second kappa shape index (κ2) is 6.50. The zero-order valence-electron chi connectivity index (χ0n) is 17.9. The first-order valence-electron chi connectivity index (χ1n) is 11.3. The summed E-state index contributed by atoms with van der Waals surface area (Å²) < 4.78 is 8.46. The molecule has 0 fully saturated rings. The molecule has 5 aromatic carbocycles. The van der Waals surface area contributed by atoms with Gasteiger partial charge in [-0.2, -0.15) is 0 Å². The fourth-order valence-electron chi connectivity index (χ4n) is 6.44. The number of para-hydroxylation sites is 1. The number of hydrogen-bond acceptors (Lipinski definition) is 1. The maximum atomic E-state index is 6.38. The van der Waals surface area contributed by atoms with Crippen LogP contribution in [0.1, 0.15) is 22.3 Å². The van der Waals surface area contributed by atoms with Crippen LogP contribution in [-0.2, 0) is 5.41 Å². The van der Waals surface area contributed by atoms with Gasteiger partial charge < -0.3 is 4.42 Å². The molecule has 0 amide bonds. The Kier molecular flexibility index (Phi) is 3.67. The zero-order valence-corrected chi connectivity index (χ0v) is 21.1. The van der Waals surface area contributed by atoms with Gasteiger partial charge in [0.15, 0.2) is 0 Å². The number of fused-ring (bicyclic) bond motifs is 14. The molecule has 1 nitrogen and oxygen atoms in total. The van der Waals surface area contributed by atoms with Crippen LogP contribution in [0, 0.1) is 0 Å². The third kappa shape index (κ3) is 2.12. The van der Waals surface area contributed by atoms with Crippen molar-refractivity contribution in [1.29, 1.82) is 0 Å². The van der Waals surface area contributed by atoms with E-state index in [1.807, 2.05) is 6.07 Å². The Morgan fingerprint density at radius 2 is 1.26 bits per heavy atom. The van der Waals surface area contributed by atoms with E-state index in [4.69, 9.17) is 4.42 Å². The Bertz CT molecular complexity index is 1800. The molecule has 34 heavy (non-hydrogen) atoms. The lowest BCUT2D eigenvalue weighted by molar-refractivity contribution is 0.666. The summed E-state index contributed by atoms with van der Waals surface area (Å²) in [5.74, 6) is 0. The molecule has 0 saturated carbocycles. The first-order chi connectivity index (χ1) is 16.7. The highest BCUT2D eigenvalue weighted by Gasteiger charge is 2.52. The van der Waals surface area contributed by atoms with Gasteiger partial charge in [-0.05, 0) is 84.7 Å². The van der Waals surface area contributed by atoms with Crippen LogP contribution in [0.5, 0.6) is 0 Å². The molecule has 3 heteroatoms. The van der Waals surface area contributed by atoms with E-state index in [9.17, 15) is 0 Å². The molecule has 6 aromatic rings. The molecule has 0 radical (unpaired) electrons. The highest BCUT2D eigenvalue weighted by Crippen LogP contribution is 2.65. The van der Waals surface area contributed by atoms with Crippen molar-refractivity contribution in [2.45, 2.75) is 5.41 Å². The summed E-state index contributed by atoms with van der Waals surface area (Å²) in [4.78, 5) is 0. The maximum Gasteiger partial charge on any atom is 0.150 e. The van der Waals surface area contributed by atoms with Gasteiger partial charge in [-0.3, -0.25) is 0 Å². The van der Waals surface area contributed by atoms with Crippen molar-refractivity contribution in [2.75, 3.05) is 0 Å². The number of benzene rings is 5. The second-order valence-corrected chi connectivity index (χ2v) is 10.9. The molecule has 8 rings (SSSR count). The molecule has 0 bridgehead atoms. The fraction of sp³-hybridized carbons (Fsp3) is 0.0323. The molecule has 1 spiro atoms. The molecule has 160 valence electrons. The number of hydrogen-bond donors (Lipinski definition) is 0. The molecule has 2 aliphatic carbocycles. The van der Waals surface area contributed by atoms with Crippen molar-refractivity contribution in [3.63, 3.8) is 0 Å². The smallest absolute Gasteiger partial charge is 0.150 e. The van der Waals surface area contributed by atoms with E-state index >= 15 is 0 Å². The van der Waals surface area contributed by atoms with E-state index in [1.165, 1.54) is 49.9 Å². The van der Waals surface area contributed by atoms with Gasteiger partial charge in [0.2, 0.25) is 0 Å². The minimum absolute atomic E-state index is 0.378. The first kappa shape index (κ1) is 19.2. The van der Waals surface area contributed by atoms with Gasteiger partial charge in [-0.15, -0.1) is 0 Å². The standard InChI is InChI=1S/C31H16Br2O/c32-17-13-14-20-24(15-17)31(22-10-4-1-7-18(22)19-8-2-5-11-23(19)31)25-16-26(33)30-29(28(20)25)21-9-3-6-12-27(21)34-30/h1-16H. The Hall–Kier alpha value is -3.14. The van der Waals surface area contributed by atoms with Crippen LogP contribution in [0.3, 0.4) is 0 Å². The van der Waals surface area contributed by atoms with Gasteiger partial charge in [0.05, 0.1) is 9.89 Å². The van der Waals surface area contributed by atoms with Crippen LogP contribution >= 0.6 is 31.9 Å². The van der Waals surface area contributed by atoms with E-state index in [0.29, 0.717) is 0 Å². The molecule has 0 aliphatic heterocycles. The average molecular weight is 564 g/mol. The Balaban J connectivity index is 1.67. The fourth-order valence-corrected chi connectivity index (χ4v) is 7.31. The summed E-state index contributed by atoms with van der Waals surface area (Å²) in [5, 5.41) is 2.34. The molecule has 1 heterocycles. The lowest BCUT2D eigenvalue weighted by Gasteiger charge is -2.30. The monoisotopic (exact) mass is 562 g/mol. The molecule has 0 atom stereocenters. The summed E-state index contributed by atoms with van der Waals surface area (Å²) in [6.07, 6.45) is 0. The van der Waals surface area contributed by atoms with E-state index < -0.39 is 0 Å². The summed E-state index contributed by atoms with van der Waals surface area (Å²) in [6.45, 7) is 0. The summed E-state index contributed by atoms with van der Waals surface area (Å²) in [7, 11) is 0. The van der Waals surface area contributed by atoms with Gasteiger partial charge >= 0.3 is 0 Å². The van der Waals surface area contributed by atoms with Gasteiger partial charge in [0.25, 0.3) is 0 Å². The van der Waals surface area contributed by atoms with Crippen molar-refractivity contribution in [1.82, 2.24) is 0 Å². The average Bonchev–Trinajstić information content (AvgIpc) is 3.48. The quantitative estimate of drug-likeness (QED) is 0.179. The summed E-state index contributed by atoms with van der Waals surface area (Å²) in [6, 6.07) is 35.2. The molecule has 0 unspecified atom stereocenters. The molecule has 1 aromatic heterocycles. The van der Waals surface area contributed by atoms with Gasteiger partial charge in [-0.25, -0.2) is 0 Å². The van der Waals surface area contributed by atoms with Crippen LogP contribution in [0.2, 0.25) is 0 Å². The van der Waals surface area contributed by atoms with Gasteiger partial charge in [0.1, 0.15) is 11.2 Å². The van der Waals surface area contributed by atoms with Crippen LogP contribution in [0.25, 0.3) is 44.2 Å². The number of furan rings is 1. The van der Waals surface area contributed by atoms with Crippen LogP contribution < -0.4 is 0 Å². The van der Waals surface area contributed by atoms with Crippen molar-refractivity contribution in [3.05, 3.63) is 128 Å². The molecule has 0 saturated heterocycles. The van der Waals surface area contributed by atoms with Crippen molar-refractivity contribution in [2.24, 2.45) is 0 Å². The SMILES string of the molecule is Brc1ccc2c(c1)C1(c3ccccc3-c3ccccc31)c1cc(Br)c3oc4ccccc4c3c1-2. The zero-order chi connectivity index (χ0) is 22.6. The van der Waals surface area contributed by atoms with Crippen molar-refractivity contribution >= 4 is 53.8 Å².